The Bertz CT molecular complexity index is 575. The van der Waals surface area contributed by atoms with Crippen LogP contribution in [0.3, 0.4) is 0 Å². The number of ether oxygens (including phenoxy) is 1. The largest absolute Gasteiger partial charge is 0.461 e. The van der Waals surface area contributed by atoms with Crippen LogP contribution in [0.1, 0.15) is 49.9 Å². The molecule has 1 aromatic rings. The van der Waals surface area contributed by atoms with Crippen molar-refractivity contribution in [1.82, 2.24) is 0 Å². The monoisotopic (exact) mass is 406 g/mol. The summed E-state index contributed by atoms with van der Waals surface area (Å²) in [7, 11) is -2.19. The minimum atomic E-state index is -1.15. The standard InChI is InChI=1S/C18H27ClO4S2/c1-3-5-11-24(21)14-17(25(22)12-6-4-2)13-23-18(20)15-7-9-16(19)10-8-15/h7-10,17H,3-6,11-14H2,1-2H3/t17-,24+,25-/m1/s1. The summed E-state index contributed by atoms with van der Waals surface area (Å²) in [6, 6.07) is 6.42. The molecule has 0 N–H and O–H groups in total. The molecule has 0 bridgehead atoms. The summed E-state index contributed by atoms with van der Waals surface area (Å²) >= 11 is 5.81. The summed E-state index contributed by atoms with van der Waals surface area (Å²) in [5.41, 5.74) is 0.398. The van der Waals surface area contributed by atoms with Gasteiger partial charge in [-0.15, -0.1) is 0 Å². The topological polar surface area (TPSA) is 60.4 Å². The molecule has 0 amide bonds. The van der Waals surface area contributed by atoms with Crippen LogP contribution in [0.5, 0.6) is 0 Å². The predicted octanol–water partition coefficient (Wildman–Crippen LogP) is 3.96. The van der Waals surface area contributed by atoms with Crippen molar-refractivity contribution in [2.24, 2.45) is 0 Å². The molecule has 0 saturated heterocycles. The summed E-state index contributed by atoms with van der Waals surface area (Å²) in [4.78, 5) is 12.1. The molecule has 142 valence electrons. The summed E-state index contributed by atoms with van der Waals surface area (Å²) in [5.74, 6) is 0.978. The van der Waals surface area contributed by atoms with Crippen LogP contribution in [-0.2, 0) is 26.3 Å². The first-order valence-electron chi connectivity index (χ1n) is 8.62. The van der Waals surface area contributed by atoms with E-state index < -0.39 is 27.6 Å². The maximum absolute atomic E-state index is 12.5. The van der Waals surface area contributed by atoms with Crippen molar-refractivity contribution in [3.05, 3.63) is 34.9 Å². The van der Waals surface area contributed by atoms with Gasteiger partial charge < -0.3 is 4.74 Å². The second-order valence-corrected chi connectivity index (χ2v) is 9.72. The van der Waals surface area contributed by atoms with E-state index in [0.29, 0.717) is 27.8 Å². The Morgan fingerprint density at radius 1 is 1.08 bits per heavy atom. The smallest absolute Gasteiger partial charge is 0.338 e. The normalized spacial score (nSPS) is 14.7. The third kappa shape index (κ3) is 8.97. The van der Waals surface area contributed by atoms with E-state index in [1.54, 1.807) is 24.3 Å². The van der Waals surface area contributed by atoms with Gasteiger partial charge in [0.15, 0.2) is 0 Å². The number of carbonyl (C=O) groups is 1. The Hall–Kier alpha value is -0.720. The van der Waals surface area contributed by atoms with Gasteiger partial charge in [0.2, 0.25) is 0 Å². The highest BCUT2D eigenvalue weighted by atomic mass is 35.5. The maximum Gasteiger partial charge on any atom is 0.338 e. The Balaban J connectivity index is 2.64. The highest BCUT2D eigenvalue weighted by molar-refractivity contribution is 7.89. The number of halogens is 1. The van der Waals surface area contributed by atoms with E-state index in [2.05, 4.69) is 0 Å². The van der Waals surface area contributed by atoms with E-state index in [4.69, 9.17) is 16.3 Å². The number of benzene rings is 1. The van der Waals surface area contributed by atoms with Gasteiger partial charge in [-0.3, -0.25) is 8.42 Å². The van der Waals surface area contributed by atoms with Gasteiger partial charge in [0, 0.05) is 43.9 Å². The zero-order chi connectivity index (χ0) is 18.7. The van der Waals surface area contributed by atoms with E-state index >= 15 is 0 Å². The molecule has 25 heavy (non-hydrogen) atoms. The van der Waals surface area contributed by atoms with Crippen LogP contribution >= 0.6 is 11.6 Å². The summed E-state index contributed by atoms with van der Waals surface area (Å²) in [5, 5.41) is 0.155. The zero-order valence-corrected chi connectivity index (χ0v) is 17.3. The second-order valence-electron chi connectivity index (χ2n) is 5.83. The molecule has 0 aliphatic carbocycles. The van der Waals surface area contributed by atoms with E-state index in [9.17, 15) is 13.2 Å². The lowest BCUT2D eigenvalue weighted by Crippen LogP contribution is -2.31. The molecule has 0 aromatic heterocycles. The highest BCUT2D eigenvalue weighted by Crippen LogP contribution is 2.12. The first-order chi connectivity index (χ1) is 12.0. The quantitative estimate of drug-likeness (QED) is 0.493. The Morgan fingerprint density at radius 2 is 1.68 bits per heavy atom. The lowest BCUT2D eigenvalue weighted by atomic mass is 10.2. The van der Waals surface area contributed by atoms with Crippen molar-refractivity contribution in [3.8, 4) is 0 Å². The molecule has 0 unspecified atom stereocenters. The average molecular weight is 407 g/mol. The van der Waals surface area contributed by atoms with E-state index in [1.807, 2.05) is 13.8 Å². The number of carbonyl (C=O) groups excluding carboxylic acids is 1. The van der Waals surface area contributed by atoms with Gasteiger partial charge in [-0.05, 0) is 37.1 Å². The van der Waals surface area contributed by atoms with Gasteiger partial charge in [-0.1, -0.05) is 38.3 Å². The molecule has 7 heteroatoms. The van der Waals surface area contributed by atoms with Gasteiger partial charge >= 0.3 is 5.97 Å². The van der Waals surface area contributed by atoms with Crippen LogP contribution in [0.25, 0.3) is 0 Å². The van der Waals surface area contributed by atoms with Crippen molar-refractivity contribution < 1.29 is 17.9 Å². The molecule has 0 aliphatic rings. The Labute approximate surface area is 160 Å². The fourth-order valence-electron chi connectivity index (χ4n) is 2.09. The average Bonchev–Trinajstić information content (AvgIpc) is 2.61. The van der Waals surface area contributed by atoms with Crippen LogP contribution in [0.4, 0.5) is 0 Å². The molecule has 1 rings (SSSR count). The number of rotatable bonds is 12. The van der Waals surface area contributed by atoms with Crippen molar-refractivity contribution in [2.75, 3.05) is 23.9 Å². The van der Waals surface area contributed by atoms with Gasteiger partial charge in [-0.2, -0.15) is 0 Å². The maximum atomic E-state index is 12.5. The molecule has 0 aliphatic heterocycles. The lowest BCUT2D eigenvalue weighted by Gasteiger charge is -2.16. The third-order valence-electron chi connectivity index (χ3n) is 3.65. The number of hydrogen-bond acceptors (Lipinski definition) is 4. The molecule has 0 heterocycles. The summed E-state index contributed by atoms with van der Waals surface area (Å²) < 4.78 is 30.0. The van der Waals surface area contributed by atoms with Gasteiger partial charge in [0.1, 0.15) is 6.61 Å². The number of unbranched alkanes of at least 4 members (excludes halogenated alkanes) is 2. The van der Waals surface area contributed by atoms with Crippen molar-refractivity contribution in [3.63, 3.8) is 0 Å². The summed E-state index contributed by atoms with van der Waals surface area (Å²) in [6.45, 7) is 4.10. The summed E-state index contributed by atoms with van der Waals surface area (Å²) in [6.07, 6.45) is 3.64. The second kappa shape index (κ2) is 12.6. The molecule has 4 nitrogen and oxygen atoms in total. The fraction of sp³-hybridized carbons (Fsp3) is 0.611. The molecule has 0 spiro atoms. The lowest BCUT2D eigenvalue weighted by molar-refractivity contribution is 0.0510. The molecule has 1 aromatic carbocycles. The van der Waals surface area contributed by atoms with E-state index in [-0.39, 0.29) is 11.9 Å². The molecule has 0 radical (unpaired) electrons. The van der Waals surface area contributed by atoms with E-state index in [1.165, 1.54) is 0 Å². The Kier molecular flexibility index (Phi) is 11.3. The molecule has 0 fully saturated rings. The first kappa shape index (κ1) is 22.3. The van der Waals surface area contributed by atoms with Crippen molar-refractivity contribution >= 4 is 39.2 Å². The van der Waals surface area contributed by atoms with Crippen LogP contribution in [0.2, 0.25) is 5.02 Å². The van der Waals surface area contributed by atoms with Gasteiger partial charge in [-0.25, -0.2) is 4.79 Å². The molecular formula is C18H27ClO4S2. The van der Waals surface area contributed by atoms with Gasteiger partial charge in [0.25, 0.3) is 0 Å². The SMILES string of the molecule is CCCC[S@](=O)C[C@@H](COC(=O)c1ccc(Cl)cc1)[S@](=O)CCCC. The van der Waals surface area contributed by atoms with Crippen LogP contribution in [-0.4, -0.2) is 43.5 Å². The third-order valence-corrected chi connectivity index (χ3v) is 7.37. The minimum absolute atomic E-state index is 0.0235. The number of hydrogen-bond donors (Lipinski definition) is 0. The number of esters is 1. The Morgan fingerprint density at radius 3 is 2.28 bits per heavy atom. The van der Waals surface area contributed by atoms with Crippen molar-refractivity contribution in [2.45, 2.75) is 44.8 Å². The molecule has 3 atom stereocenters. The molecule has 0 saturated carbocycles. The predicted molar refractivity (Wildman–Crippen MR) is 106 cm³/mol. The van der Waals surface area contributed by atoms with Crippen LogP contribution in [0.15, 0.2) is 24.3 Å². The zero-order valence-electron chi connectivity index (χ0n) is 14.9. The molecular weight excluding hydrogens is 380 g/mol. The van der Waals surface area contributed by atoms with Crippen molar-refractivity contribution in [1.29, 1.82) is 0 Å². The van der Waals surface area contributed by atoms with Gasteiger partial charge in [0.05, 0.1) is 10.8 Å². The minimum Gasteiger partial charge on any atom is -0.461 e. The highest BCUT2D eigenvalue weighted by Gasteiger charge is 2.22. The fourth-order valence-corrected chi connectivity index (χ4v) is 5.69. The first-order valence-corrected chi connectivity index (χ1v) is 11.9. The van der Waals surface area contributed by atoms with Crippen LogP contribution < -0.4 is 0 Å². The van der Waals surface area contributed by atoms with Crippen LogP contribution in [0, 0.1) is 0 Å². The van der Waals surface area contributed by atoms with E-state index in [0.717, 1.165) is 25.7 Å².